The van der Waals surface area contributed by atoms with Gasteiger partial charge in [-0.3, -0.25) is 9.59 Å². The summed E-state index contributed by atoms with van der Waals surface area (Å²) in [5, 5.41) is 2.58. The molecule has 0 aromatic carbocycles. The summed E-state index contributed by atoms with van der Waals surface area (Å²) in [5.74, 6) is -0.00664. The molecule has 0 atom stereocenters. The highest BCUT2D eigenvalue weighted by Gasteiger charge is 2.18. The summed E-state index contributed by atoms with van der Waals surface area (Å²) in [6.45, 7) is 2.22. The Balaban J connectivity index is 2.19. The second-order valence-corrected chi connectivity index (χ2v) is 3.96. The van der Waals surface area contributed by atoms with Crippen molar-refractivity contribution in [2.45, 2.75) is 25.7 Å². The molecule has 0 saturated carbocycles. The lowest BCUT2D eigenvalue weighted by atomic mass is 10.2. The van der Waals surface area contributed by atoms with E-state index < -0.39 is 0 Å². The highest BCUT2D eigenvalue weighted by molar-refractivity contribution is 5.87. The number of carbonyl (C=O) groups is 2. The maximum atomic E-state index is 11.6. The zero-order valence-electron chi connectivity index (χ0n) is 9.83. The minimum atomic E-state index is -0.0322. The quantitative estimate of drug-likeness (QED) is 0.658. The molecule has 2 amide bonds. The molecule has 1 heterocycles. The van der Waals surface area contributed by atoms with Crippen molar-refractivity contribution >= 4 is 11.8 Å². The van der Waals surface area contributed by atoms with E-state index >= 15 is 0 Å². The van der Waals surface area contributed by atoms with Crippen LogP contribution in [-0.2, 0) is 14.3 Å². The SMILES string of the molecule is COCCCCCN1CCC(=O)NCC1=O. The minimum absolute atomic E-state index is 0.0255. The van der Waals surface area contributed by atoms with Crippen LogP contribution < -0.4 is 5.32 Å². The fourth-order valence-corrected chi connectivity index (χ4v) is 1.70. The van der Waals surface area contributed by atoms with Gasteiger partial charge in [-0.25, -0.2) is 0 Å². The number of carbonyl (C=O) groups excluding carboxylic acids is 2. The first-order valence-electron chi connectivity index (χ1n) is 5.77. The number of hydrogen-bond donors (Lipinski definition) is 1. The smallest absolute Gasteiger partial charge is 0.241 e. The molecule has 0 spiro atoms. The first kappa shape index (κ1) is 13.0. The Kier molecular flexibility index (Phi) is 5.85. The third-order valence-electron chi connectivity index (χ3n) is 2.67. The number of methoxy groups -OCH3 is 1. The van der Waals surface area contributed by atoms with Crippen LogP contribution >= 0.6 is 0 Å². The molecule has 0 aromatic heterocycles. The maximum Gasteiger partial charge on any atom is 0.241 e. The van der Waals surface area contributed by atoms with Crippen molar-refractivity contribution in [3.05, 3.63) is 0 Å². The van der Waals surface area contributed by atoms with E-state index in [0.717, 1.165) is 32.4 Å². The normalized spacial score (nSPS) is 17.2. The Bertz CT molecular complexity index is 243. The van der Waals surface area contributed by atoms with Gasteiger partial charge in [0, 0.05) is 33.2 Å². The molecule has 1 aliphatic rings. The van der Waals surface area contributed by atoms with Gasteiger partial charge in [-0.05, 0) is 19.3 Å². The van der Waals surface area contributed by atoms with Gasteiger partial charge < -0.3 is 15.0 Å². The van der Waals surface area contributed by atoms with E-state index in [1.54, 1.807) is 12.0 Å². The molecule has 0 radical (unpaired) electrons. The zero-order valence-corrected chi connectivity index (χ0v) is 9.83. The number of rotatable bonds is 6. The molecule has 5 nitrogen and oxygen atoms in total. The van der Waals surface area contributed by atoms with Crippen molar-refractivity contribution in [1.29, 1.82) is 0 Å². The van der Waals surface area contributed by atoms with Crippen LogP contribution in [0, 0.1) is 0 Å². The van der Waals surface area contributed by atoms with Crippen molar-refractivity contribution < 1.29 is 14.3 Å². The lowest BCUT2D eigenvalue weighted by molar-refractivity contribution is -0.130. The first-order chi connectivity index (χ1) is 7.74. The van der Waals surface area contributed by atoms with Crippen molar-refractivity contribution in [2.75, 3.05) is 33.4 Å². The fourth-order valence-electron chi connectivity index (χ4n) is 1.70. The maximum absolute atomic E-state index is 11.6. The molecule has 1 aliphatic heterocycles. The van der Waals surface area contributed by atoms with Crippen molar-refractivity contribution in [2.24, 2.45) is 0 Å². The second kappa shape index (κ2) is 7.22. The predicted molar refractivity (Wildman–Crippen MR) is 59.9 cm³/mol. The molecule has 1 saturated heterocycles. The Hall–Kier alpha value is -1.10. The van der Waals surface area contributed by atoms with Crippen LogP contribution in [0.15, 0.2) is 0 Å². The molecular formula is C11H20N2O3. The standard InChI is InChI=1S/C11H20N2O3/c1-16-8-4-2-3-6-13-7-5-10(14)12-9-11(13)15/h2-9H2,1H3,(H,12,14). The van der Waals surface area contributed by atoms with Gasteiger partial charge in [0.05, 0.1) is 6.54 Å². The van der Waals surface area contributed by atoms with E-state index in [1.807, 2.05) is 0 Å². The van der Waals surface area contributed by atoms with Crippen molar-refractivity contribution in [3.63, 3.8) is 0 Å². The molecule has 1 fully saturated rings. The molecule has 0 aromatic rings. The summed E-state index contributed by atoms with van der Waals surface area (Å²) in [4.78, 5) is 24.4. The Labute approximate surface area is 96.1 Å². The lowest BCUT2D eigenvalue weighted by Gasteiger charge is -2.19. The second-order valence-electron chi connectivity index (χ2n) is 3.96. The number of nitrogens with one attached hydrogen (secondary N) is 1. The Morgan fingerprint density at radius 3 is 2.88 bits per heavy atom. The van der Waals surface area contributed by atoms with Crippen LogP contribution in [0.1, 0.15) is 25.7 Å². The summed E-state index contributed by atoms with van der Waals surface area (Å²) in [7, 11) is 1.69. The van der Waals surface area contributed by atoms with Gasteiger partial charge in [0.2, 0.25) is 11.8 Å². The summed E-state index contributed by atoms with van der Waals surface area (Å²) < 4.78 is 4.95. The largest absolute Gasteiger partial charge is 0.385 e. The van der Waals surface area contributed by atoms with E-state index in [0.29, 0.717) is 13.0 Å². The van der Waals surface area contributed by atoms with Crippen LogP contribution in [0.2, 0.25) is 0 Å². The van der Waals surface area contributed by atoms with Crippen LogP contribution in [0.3, 0.4) is 0 Å². The third-order valence-corrected chi connectivity index (χ3v) is 2.67. The van der Waals surface area contributed by atoms with Crippen LogP contribution in [0.5, 0.6) is 0 Å². The highest BCUT2D eigenvalue weighted by atomic mass is 16.5. The summed E-state index contributed by atoms with van der Waals surface area (Å²) in [6, 6.07) is 0. The Morgan fingerprint density at radius 1 is 1.31 bits per heavy atom. The van der Waals surface area contributed by atoms with Crippen LogP contribution in [0.25, 0.3) is 0 Å². The van der Waals surface area contributed by atoms with Crippen molar-refractivity contribution in [3.8, 4) is 0 Å². The van der Waals surface area contributed by atoms with E-state index in [1.165, 1.54) is 0 Å². The number of ether oxygens (including phenoxy) is 1. The monoisotopic (exact) mass is 228 g/mol. The van der Waals surface area contributed by atoms with E-state index in [4.69, 9.17) is 4.74 Å². The van der Waals surface area contributed by atoms with Gasteiger partial charge in [0.25, 0.3) is 0 Å². The average Bonchev–Trinajstić information content (AvgIpc) is 2.43. The van der Waals surface area contributed by atoms with Gasteiger partial charge in [0.15, 0.2) is 0 Å². The van der Waals surface area contributed by atoms with Crippen LogP contribution in [-0.4, -0.2) is 50.1 Å². The molecule has 92 valence electrons. The number of nitrogens with zero attached hydrogens (tertiary/aromatic N) is 1. The molecule has 1 N–H and O–H groups in total. The molecule has 0 aliphatic carbocycles. The number of hydrogen-bond acceptors (Lipinski definition) is 3. The van der Waals surface area contributed by atoms with Crippen molar-refractivity contribution in [1.82, 2.24) is 10.2 Å². The van der Waals surface area contributed by atoms with Gasteiger partial charge in [-0.2, -0.15) is 0 Å². The Morgan fingerprint density at radius 2 is 2.12 bits per heavy atom. The molecule has 0 unspecified atom stereocenters. The molecule has 16 heavy (non-hydrogen) atoms. The summed E-state index contributed by atoms with van der Waals surface area (Å²) in [6.07, 6.45) is 3.47. The fraction of sp³-hybridized carbons (Fsp3) is 0.818. The molecule has 0 bridgehead atoms. The van der Waals surface area contributed by atoms with E-state index in [-0.39, 0.29) is 18.4 Å². The van der Waals surface area contributed by atoms with Gasteiger partial charge in [-0.15, -0.1) is 0 Å². The van der Waals surface area contributed by atoms with Gasteiger partial charge >= 0.3 is 0 Å². The van der Waals surface area contributed by atoms with E-state index in [9.17, 15) is 9.59 Å². The number of amides is 2. The lowest BCUT2D eigenvalue weighted by Crippen LogP contribution is -2.35. The van der Waals surface area contributed by atoms with E-state index in [2.05, 4.69) is 5.32 Å². The predicted octanol–water partition coefficient (Wildman–Crippen LogP) is 0.152. The van der Waals surface area contributed by atoms with Gasteiger partial charge in [-0.1, -0.05) is 0 Å². The summed E-state index contributed by atoms with van der Waals surface area (Å²) in [5.41, 5.74) is 0. The molecule has 1 rings (SSSR count). The zero-order chi connectivity index (χ0) is 11.8. The third kappa shape index (κ3) is 4.61. The van der Waals surface area contributed by atoms with Crippen LogP contribution in [0.4, 0.5) is 0 Å². The van der Waals surface area contributed by atoms with Gasteiger partial charge in [0.1, 0.15) is 0 Å². The molecule has 5 heteroatoms. The molecular weight excluding hydrogens is 208 g/mol. The highest BCUT2D eigenvalue weighted by Crippen LogP contribution is 2.03. The average molecular weight is 228 g/mol. The number of unbranched alkanes of at least 4 members (excludes halogenated alkanes) is 2. The first-order valence-corrected chi connectivity index (χ1v) is 5.77. The topological polar surface area (TPSA) is 58.6 Å². The summed E-state index contributed by atoms with van der Waals surface area (Å²) >= 11 is 0. The minimum Gasteiger partial charge on any atom is -0.385 e.